The van der Waals surface area contributed by atoms with Crippen LogP contribution in [-0.2, 0) is 4.79 Å². The van der Waals surface area contributed by atoms with Crippen LogP contribution in [0.3, 0.4) is 0 Å². The molecule has 2 nitrogen and oxygen atoms in total. The molecule has 0 aliphatic rings. The molecule has 0 rings (SSSR count). The van der Waals surface area contributed by atoms with E-state index < -0.39 is 12.1 Å². The number of hydrogen-bond donors (Lipinski definition) is 1. The minimum atomic E-state index is -5.08. The number of hydrogen-bond acceptors (Lipinski definition) is 1. The molecule has 0 aliphatic carbocycles. The third-order valence-corrected chi connectivity index (χ3v) is 0.243. The molecular formula is C2HF3LiO2+. The average Bonchev–Trinajstić information content (AvgIpc) is 1.31. The maximum atomic E-state index is 10.6. The van der Waals surface area contributed by atoms with E-state index in [-0.39, 0.29) is 18.9 Å². The Kier molecular flexibility index (Phi) is 4.04. The molecule has 0 spiro atoms. The Morgan fingerprint density at radius 2 is 1.50 bits per heavy atom. The van der Waals surface area contributed by atoms with Crippen molar-refractivity contribution in [1.29, 1.82) is 0 Å². The van der Waals surface area contributed by atoms with Crippen molar-refractivity contribution in [3.05, 3.63) is 0 Å². The number of carbonyl (C=O) groups is 1. The van der Waals surface area contributed by atoms with Crippen LogP contribution >= 0.6 is 0 Å². The molecule has 0 aromatic rings. The Bertz CT molecular complexity index is 87.8. The summed E-state index contributed by atoms with van der Waals surface area (Å²) in [6.45, 7) is 0. The summed E-state index contributed by atoms with van der Waals surface area (Å²) in [6, 6.07) is 0. The molecule has 0 saturated heterocycles. The van der Waals surface area contributed by atoms with E-state index in [0.717, 1.165) is 0 Å². The molecule has 8 heavy (non-hydrogen) atoms. The van der Waals surface area contributed by atoms with Gasteiger partial charge in [-0.3, -0.25) is 0 Å². The zero-order valence-corrected chi connectivity index (χ0v) is 3.99. The zero-order chi connectivity index (χ0) is 6.08. The van der Waals surface area contributed by atoms with Crippen LogP contribution in [0.4, 0.5) is 13.2 Å². The SMILES string of the molecule is O=C(O)C(F)(F)F.[Li+]. The Balaban J connectivity index is 0. The van der Waals surface area contributed by atoms with Gasteiger partial charge in [-0.2, -0.15) is 13.2 Å². The quantitative estimate of drug-likeness (QED) is 0.364. The van der Waals surface area contributed by atoms with Gasteiger partial charge in [-0.15, -0.1) is 0 Å². The number of alkyl halides is 3. The molecule has 0 aliphatic heterocycles. The van der Waals surface area contributed by atoms with E-state index in [0.29, 0.717) is 0 Å². The summed E-state index contributed by atoms with van der Waals surface area (Å²) in [5.74, 6) is -2.76. The van der Waals surface area contributed by atoms with Gasteiger partial charge in [0.25, 0.3) is 0 Å². The van der Waals surface area contributed by atoms with E-state index >= 15 is 0 Å². The van der Waals surface area contributed by atoms with Crippen LogP contribution in [0.15, 0.2) is 0 Å². The Hall–Kier alpha value is -0.143. The molecule has 0 aromatic carbocycles. The summed E-state index contributed by atoms with van der Waals surface area (Å²) < 4.78 is 31.7. The van der Waals surface area contributed by atoms with Crippen LogP contribution < -0.4 is 18.9 Å². The molecule has 0 aromatic heterocycles. The van der Waals surface area contributed by atoms with Gasteiger partial charge < -0.3 is 5.11 Å². The van der Waals surface area contributed by atoms with E-state index in [9.17, 15) is 13.2 Å². The van der Waals surface area contributed by atoms with Crippen molar-refractivity contribution in [2.24, 2.45) is 0 Å². The molecule has 1 N–H and O–H groups in total. The first-order chi connectivity index (χ1) is 2.94. The summed E-state index contributed by atoms with van der Waals surface area (Å²) in [5, 5.41) is 7.12. The Morgan fingerprint density at radius 1 is 1.38 bits per heavy atom. The van der Waals surface area contributed by atoms with Crippen molar-refractivity contribution in [3.8, 4) is 0 Å². The van der Waals surface area contributed by atoms with E-state index in [1.54, 1.807) is 0 Å². The van der Waals surface area contributed by atoms with Gasteiger partial charge in [0.05, 0.1) is 0 Å². The van der Waals surface area contributed by atoms with Crippen LogP contribution in [-0.4, -0.2) is 17.3 Å². The van der Waals surface area contributed by atoms with E-state index in [2.05, 4.69) is 0 Å². The number of aliphatic carboxylic acids is 1. The first-order valence-corrected chi connectivity index (χ1v) is 1.24. The normalized spacial score (nSPS) is 9.88. The second kappa shape index (κ2) is 3.00. The van der Waals surface area contributed by atoms with Crippen molar-refractivity contribution in [2.75, 3.05) is 0 Å². The maximum Gasteiger partial charge on any atom is 1.00 e. The predicted octanol–water partition coefficient (Wildman–Crippen LogP) is -2.36. The Labute approximate surface area is 54.9 Å². The predicted molar refractivity (Wildman–Crippen MR) is 13.7 cm³/mol. The van der Waals surface area contributed by atoms with Gasteiger partial charge in [0.2, 0.25) is 0 Å². The van der Waals surface area contributed by atoms with Crippen molar-refractivity contribution in [2.45, 2.75) is 6.18 Å². The van der Waals surface area contributed by atoms with Crippen LogP contribution in [0.5, 0.6) is 0 Å². The Morgan fingerprint density at radius 3 is 1.50 bits per heavy atom. The number of carboxylic acid groups (broad SMARTS) is 1. The molecular weight excluding hydrogens is 120 g/mol. The molecule has 0 radical (unpaired) electrons. The fourth-order valence-electron chi connectivity index (χ4n) is 0. The average molecular weight is 121 g/mol. The van der Waals surface area contributed by atoms with Gasteiger partial charge in [-0.05, 0) is 0 Å². The monoisotopic (exact) mass is 121 g/mol. The molecule has 6 heteroatoms. The molecule has 0 fully saturated rings. The van der Waals surface area contributed by atoms with Gasteiger partial charge in [0.15, 0.2) is 0 Å². The van der Waals surface area contributed by atoms with Gasteiger partial charge in [0.1, 0.15) is 0 Å². The molecule has 0 unspecified atom stereocenters. The fraction of sp³-hybridized carbons (Fsp3) is 0.500. The second-order valence-corrected chi connectivity index (χ2v) is 0.803. The standard InChI is InChI=1S/C2HF3O2.Li/c3-2(4,5)1(6)7;/h(H,6,7);/q;+1. The first kappa shape index (κ1) is 10.8. The van der Waals surface area contributed by atoms with Gasteiger partial charge in [-0.25, -0.2) is 4.79 Å². The summed E-state index contributed by atoms with van der Waals surface area (Å²) >= 11 is 0. The van der Waals surface area contributed by atoms with E-state index in [1.807, 2.05) is 0 Å². The van der Waals surface area contributed by atoms with E-state index in [1.165, 1.54) is 0 Å². The summed E-state index contributed by atoms with van der Waals surface area (Å²) in [4.78, 5) is 8.90. The molecule has 0 atom stereocenters. The summed E-state index contributed by atoms with van der Waals surface area (Å²) in [5.41, 5.74) is 0. The number of rotatable bonds is 0. The van der Waals surface area contributed by atoms with Crippen LogP contribution in [0.2, 0.25) is 0 Å². The van der Waals surface area contributed by atoms with Crippen LogP contribution in [0.25, 0.3) is 0 Å². The topological polar surface area (TPSA) is 37.3 Å². The van der Waals surface area contributed by atoms with Gasteiger partial charge in [-0.1, -0.05) is 0 Å². The minimum absolute atomic E-state index is 0. The second-order valence-electron chi connectivity index (χ2n) is 0.803. The maximum absolute atomic E-state index is 10.6. The van der Waals surface area contributed by atoms with Crippen molar-refractivity contribution < 1.29 is 41.9 Å². The van der Waals surface area contributed by atoms with Crippen molar-refractivity contribution in [1.82, 2.24) is 0 Å². The van der Waals surface area contributed by atoms with Crippen molar-refractivity contribution >= 4 is 5.97 Å². The van der Waals surface area contributed by atoms with Gasteiger partial charge in [0, 0.05) is 0 Å². The zero-order valence-electron chi connectivity index (χ0n) is 3.99. The number of carboxylic acids is 1. The molecule has 0 amide bonds. The van der Waals surface area contributed by atoms with Crippen LogP contribution in [0, 0.1) is 0 Å². The fourth-order valence-corrected chi connectivity index (χ4v) is 0. The summed E-state index contributed by atoms with van der Waals surface area (Å²) in [7, 11) is 0. The number of halogens is 3. The van der Waals surface area contributed by atoms with Gasteiger partial charge >= 0.3 is 31.0 Å². The summed E-state index contributed by atoms with van der Waals surface area (Å²) in [6.07, 6.45) is -5.08. The molecule has 0 bridgehead atoms. The first-order valence-electron chi connectivity index (χ1n) is 1.24. The third-order valence-electron chi connectivity index (χ3n) is 0.243. The largest absolute Gasteiger partial charge is 1.00 e. The molecule has 0 heterocycles. The van der Waals surface area contributed by atoms with Crippen LogP contribution in [0.1, 0.15) is 0 Å². The minimum Gasteiger partial charge on any atom is -0.475 e. The molecule has 42 valence electrons. The third kappa shape index (κ3) is 4.03. The smallest absolute Gasteiger partial charge is 0.475 e. The molecule has 0 saturated carbocycles. The van der Waals surface area contributed by atoms with Crippen molar-refractivity contribution in [3.63, 3.8) is 0 Å². The van der Waals surface area contributed by atoms with E-state index in [4.69, 9.17) is 9.90 Å².